The lowest BCUT2D eigenvalue weighted by Gasteiger charge is -2.24. The average Bonchev–Trinajstić information content (AvgIpc) is 2.72. The lowest BCUT2D eigenvalue weighted by molar-refractivity contribution is 0.0526. The third-order valence-electron chi connectivity index (χ3n) is 4.48. The first-order chi connectivity index (χ1) is 15.7. The predicted molar refractivity (Wildman–Crippen MR) is 133 cm³/mol. The van der Waals surface area contributed by atoms with Gasteiger partial charge in [0, 0.05) is 30.5 Å². The van der Waals surface area contributed by atoms with Crippen molar-refractivity contribution in [2.75, 3.05) is 23.8 Å². The average molecular weight is 470 g/mol. The van der Waals surface area contributed by atoms with Gasteiger partial charge in [-0.05, 0) is 89.9 Å². The van der Waals surface area contributed by atoms with E-state index >= 15 is 0 Å². The zero-order valence-electron chi connectivity index (χ0n) is 21.0. The number of alkyl carbamates (subject to hydrolysis) is 1. The number of benzene rings is 2. The molecule has 0 saturated carbocycles. The van der Waals surface area contributed by atoms with E-state index < -0.39 is 23.4 Å². The molecule has 0 aliphatic rings. The molecule has 0 atom stereocenters. The van der Waals surface area contributed by atoms with Gasteiger partial charge in [-0.1, -0.05) is 12.1 Å². The van der Waals surface area contributed by atoms with Crippen molar-refractivity contribution in [3.63, 3.8) is 0 Å². The molecule has 0 bridgehead atoms. The van der Waals surface area contributed by atoms with Crippen LogP contribution in [0, 0.1) is 0 Å². The fourth-order valence-electron chi connectivity index (χ4n) is 2.85. The van der Waals surface area contributed by atoms with Crippen molar-refractivity contribution >= 4 is 29.5 Å². The second-order valence-corrected chi connectivity index (χ2v) is 9.92. The van der Waals surface area contributed by atoms with Gasteiger partial charge in [0.25, 0.3) is 5.91 Å². The van der Waals surface area contributed by atoms with E-state index in [-0.39, 0.29) is 5.91 Å². The summed E-state index contributed by atoms with van der Waals surface area (Å²) in [7, 11) is 1.62. The maximum Gasteiger partial charge on any atom is 0.414 e. The number of hydrogen-bond donors (Lipinski definition) is 2. The monoisotopic (exact) mass is 469 g/mol. The highest BCUT2D eigenvalue weighted by molar-refractivity contribution is 6.04. The second-order valence-electron chi connectivity index (χ2n) is 9.92. The van der Waals surface area contributed by atoms with Crippen molar-refractivity contribution in [1.29, 1.82) is 0 Å². The highest BCUT2D eigenvalue weighted by Gasteiger charge is 2.21. The summed E-state index contributed by atoms with van der Waals surface area (Å²) < 4.78 is 10.6. The number of amides is 3. The zero-order chi connectivity index (χ0) is 25.5. The van der Waals surface area contributed by atoms with E-state index in [1.807, 2.05) is 45.0 Å². The molecule has 0 unspecified atom stereocenters. The van der Waals surface area contributed by atoms with Crippen LogP contribution in [-0.2, 0) is 15.9 Å². The molecule has 8 nitrogen and oxygen atoms in total. The van der Waals surface area contributed by atoms with Gasteiger partial charge in [-0.25, -0.2) is 9.59 Å². The van der Waals surface area contributed by atoms with E-state index in [9.17, 15) is 14.4 Å². The van der Waals surface area contributed by atoms with Gasteiger partial charge in [-0.15, -0.1) is 0 Å². The molecule has 0 aliphatic carbocycles. The number of anilines is 2. The van der Waals surface area contributed by atoms with Gasteiger partial charge >= 0.3 is 12.2 Å². The number of carbonyl (C=O) groups is 3. The van der Waals surface area contributed by atoms with Crippen LogP contribution >= 0.6 is 0 Å². The SMILES string of the molecule is CN(C(=O)OC(C)(C)C)c1ccc(C(=O)Nc2ccc(CCNC(=O)OC(C)(C)C)cc2)cc1. The molecule has 2 aromatic carbocycles. The van der Waals surface area contributed by atoms with E-state index in [2.05, 4.69) is 10.6 Å². The Morgan fingerprint density at radius 2 is 1.38 bits per heavy atom. The Labute approximate surface area is 201 Å². The molecule has 0 radical (unpaired) electrons. The summed E-state index contributed by atoms with van der Waals surface area (Å²) in [6.45, 7) is 11.3. The minimum absolute atomic E-state index is 0.259. The highest BCUT2D eigenvalue weighted by Crippen LogP contribution is 2.19. The van der Waals surface area contributed by atoms with Crippen molar-refractivity contribution in [1.82, 2.24) is 5.32 Å². The van der Waals surface area contributed by atoms with E-state index in [1.54, 1.807) is 52.1 Å². The van der Waals surface area contributed by atoms with Crippen LogP contribution < -0.4 is 15.5 Å². The van der Waals surface area contributed by atoms with Crippen LogP contribution in [0.2, 0.25) is 0 Å². The van der Waals surface area contributed by atoms with E-state index in [0.717, 1.165) is 5.56 Å². The molecule has 0 aliphatic heterocycles. The summed E-state index contributed by atoms with van der Waals surface area (Å²) in [5.41, 5.74) is 1.64. The van der Waals surface area contributed by atoms with Crippen LogP contribution in [0.5, 0.6) is 0 Å². The third-order valence-corrected chi connectivity index (χ3v) is 4.48. The number of nitrogens with one attached hydrogen (secondary N) is 2. The summed E-state index contributed by atoms with van der Waals surface area (Å²) in [5, 5.41) is 5.58. The first-order valence-corrected chi connectivity index (χ1v) is 11.2. The van der Waals surface area contributed by atoms with Crippen molar-refractivity contribution in [3.8, 4) is 0 Å². The van der Waals surface area contributed by atoms with Crippen molar-refractivity contribution in [2.24, 2.45) is 0 Å². The normalized spacial score (nSPS) is 11.4. The van der Waals surface area contributed by atoms with E-state index in [1.165, 1.54) is 4.90 Å². The standard InChI is InChI=1S/C26H35N3O5/c1-25(2,3)33-23(31)27-17-16-18-8-12-20(13-9-18)28-22(30)19-10-14-21(15-11-19)29(7)24(32)34-26(4,5)6/h8-15H,16-17H2,1-7H3,(H,27,31)(H,28,30). The molecule has 0 aromatic heterocycles. The lowest BCUT2D eigenvalue weighted by atomic mass is 10.1. The third kappa shape index (κ3) is 9.13. The summed E-state index contributed by atoms with van der Waals surface area (Å²) in [6, 6.07) is 14.1. The van der Waals surface area contributed by atoms with Crippen molar-refractivity contribution in [2.45, 2.75) is 59.2 Å². The summed E-state index contributed by atoms with van der Waals surface area (Å²) >= 11 is 0. The molecule has 184 valence electrons. The van der Waals surface area contributed by atoms with Crippen molar-refractivity contribution in [3.05, 3.63) is 59.7 Å². The molecule has 0 fully saturated rings. The molecule has 2 aromatic rings. The Bertz CT molecular complexity index is 987. The summed E-state index contributed by atoms with van der Waals surface area (Å²) in [5.74, 6) is -0.259. The molecule has 0 spiro atoms. The van der Waals surface area contributed by atoms with Gasteiger partial charge in [0.1, 0.15) is 11.2 Å². The number of hydrogen-bond acceptors (Lipinski definition) is 5. The fraction of sp³-hybridized carbons (Fsp3) is 0.423. The van der Waals surface area contributed by atoms with Crippen LogP contribution in [0.25, 0.3) is 0 Å². The van der Waals surface area contributed by atoms with Gasteiger partial charge in [0.2, 0.25) is 0 Å². The van der Waals surface area contributed by atoms with E-state index in [0.29, 0.717) is 29.9 Å². The Kier molecular flexibility index (Phi) is 8.68. The first-order valence-electron chi connectivity index (χ1n) is 11.2. The number of carbonyl (C=O) groups excluding carboxylic acids is 3. The second kappa shape index (κ2) is 11.0. The molecule has 0 heterocycles. The van der Waals surface area contributed by atoms with Gasteiger partial charge in [-0.2, -0.15) is 0 Å². The minimum Gasteiger partial charge on any atom is -0.444 e. The molecule has 2 N–H and O–H groups in total. The predicted octanol–water partition coefficient (Wildman–Crippen LogP) is 5.38. The van der Waals surface area contributed by atoms with Crippen LogP contribution in [0.4, 0.5) is 21.0 Å². The maximum atomic E-state index is 12.6. The topological polar surface area (TPSA) is 97.0 Å². The maximum absolute atomic E-state index is 12.6. The summed E-state index contributed by atoms with van der Waals surface area (Å²) in [6.07, 6.45) is -0.272. The molecular weight excluding hydrogens is 434 g/mol. The number of ether oxygens (including phenoxy) is 2. The first kappa shape index (κ1) is 26.7. The van der Waals surface area contributed by atoms with Crippen LogP contribution in [0.15, 0.2) is 48.5 Å². The number of rotatable bonds is 6. The lowest BCUT2D eigenvalue weighted by Crippen LogP contribution is -2.34. The molecule has 8 heteroatoms. The minimum atomic E-state index is -0.588. The highest BCUT2D eigenvalue weighted by atomic mass is 16.6. The van der Waals surface area contributed by atoms with Gasteiger partial charge in [-0.3, -0.25) is 9.69 Å². The summed E-state index contributed by atoms with van der Waals surface area (Å²) in [4.78, 5) is 37.9. The van der Waals surface area contributed by atoms with Gasteiger partial charge < -0.3 is 20.1 Å². The van der Waals surface area contributed by atoms with Crippen LogP contribution in [0.3, 0.4) is 0 Å². The van der Waals surface area contributed by atoms with E-state index in [4.69, 9.17) is 9.47 Å². The van der Waals surface area contributed by atoms with Crippen LogP contribution in [0.1, 0.15) is 57.5 Å². The number of nitrogens with zero attached hydrogens (tertiary/aromatic N) is 1. The van der Waals surface area contributed by atoms with Gasteiger partial charge in [0.15, 0.2) is 0 Å². The Morgan fingerprint density at radius 3 is 1.91 bits per heavy atom. The molecular formula is C26H35N3O5. The Balaban J connectivity index is 1.87. The molecule has 2 rings (SSSR count). The Morgan fingerprint density at radius 1 is 0.824 bits per heavy atom. The molecule has 34 heavy (non-hydrogen) atoms. The molecule has 3 amide bonds. The Hall–Kier alpha value is -3.55. The quantitative estimate of drug-likeness (QED) is 0.592. The van der Waals surface area contributed by atoms with Crippen molar-refractivity contribution < 1.29 is 23.9 Å². The fourth-order valence-corrected chi connectivity index (χ4v) is 2.85. The largest absolute Gasteiger partial charge is 0.444 e. The smallest absolute Gasteiger partial charge is 0.414 e. The molecule has 0 saturated heterocycles. The van der Waals surface area contributed by atoms with Gasteiger partial charge in [0.05, 0.1) is 0 Å². The zero-order valence-corrected chi connectivity index (χ0v) is 21.0. The van der Waals surface area contributed by atoms with Crippen LogP contribution in [-0.4, -0.2) is 42.9 Å².